The molecule has 0 aromatic rings. The Morgan fingerprint density at radius 3 is 0.238 bits per heavy atom. The average molecular weight is 422 g/mol. The van der Waals surface area contributed by atoms with Crippen molar-refractivity contribution in [2.45, 2.75) is 0 Å². The molecule has 0 heterocycles. The van der Waals surface area contributed by atoms with Crippen LogP contribution in [0.25, 0.3) is 0 Å². The van der Waals surface area contributed by atoms with Crippen LogP contribution in [0.3, 0.4) is 0 Å². The van der Waals surface area contributed by atoms with E-state index in [0.717, 1.165) is 0 Å². The Kier molecular flexibility index (Phi) is 55300. The largest absolute Gasteiger partial charge is 4.00 e. The predicted molar refractivity (Wildman–Crippen MR) is 46.4 cm³/mol. The van der Waals surface area contributed by atoms with Gasteiger partial charge in [0.25, 0.3) is 0 Å². The minimum absolute atomic E-state index is 0. The van der Waals surface area contributed by atoms with Gasteiger partial charge in [0.2, 0.25) is 0 Å². The first-order valence-corrected chi connectivity index (χ1v) is 0. The zero-order valence-corrected chi connectivity index (χ0v) is 20.9. The molecular formula is H2Al2Na2O13Si4. The Hall–Kier alpha value is 3.41. The molecule has 21 heavy (non-hydrogen) atoms. The molecule has 0 aromatic heterocycles. The molecule has 0 bridgehead atoms. The number of hydrogen-bond acceptors (Lipinski definition) is 0. The van der Waals surface area contributed by atoms with Gasteiger partial charge in [-0.1, -0.05) is 0 Å². The summed E-state index contributed by atoms with van der Waals surface area (Å²) in [6.45, 7) is 0. The normalized spacial score (nSPS) is 0. The van der Waals surface area contributed by atoms with Crippen LogP contribution in [0.4, 0.5) is 0 Å². The summed E-state index contributed by atoms with van der Waals surface area (Å²) in [7, 11) is 0. The Morgan fingerprint density at radius 1 is 0.238 bits per heavy atom. The SMILES string of the molecule is O.[Al+3].[Al+3].[Na+].[Na+].[O-2].[O-2].[O-2].[O-2].[O-2].[O-2].[O-2].[O-2].[O-2].[O-2].[O-2].[O-2].[Si+4].[Si+4].[Si+4].[Si+4]. The molecule has 0 rings (SSSR count). The van der Waals surface area contributed by atoms with Crippen molar-refractivity contribution < 1.29 is 130 Å². The van der Waals surface area contributed by atoms with E-state index >= 15 is 0 Å². The molecule has 0 aliphatic heterocycles. The van der Waals surface area contributed by atoms with Crippen LogP contribution in [0.2, 0.25) is 0 Å². The summed E-state index contributed by atoms with van der Waals surface area (Å²) < 4.78 is 0. The minimum atomic E-state index is 0. The summed E-state index contributed by atoms with van der Waals surface area (Å²) in [5, 5.41) is 0. The summed E-state index contributed by atoms with van der Waals surface area (Å²) in [4.78, 5) is 0. The molecular weight excluding hydrogens is 420 g/mol. The van der Waals surface area contributed by atoms with Crippen LogP contribution in [0.1, 0.15) is 0 Å². The molecule has 21 heteroatoms. The van der Waals surface area contributed by atoms with Crippen molar-refractivity contribution in [2.24, 2.45) is 0 Å². The van der Waals surface area contributed by atoms with Gasteiger partial charge in [-0.15, -0.1) is 0 Å². The van der Waals surface area contributed by atoms with Gasteiger partial charge in [-0.3, -0.25) is 0 Å². The fourth-order valence-electron chi connectivity index (χ4n) is 0. The van der Waals surface area contributed by atoms with Gasteiger partial charge in [0.15, 0.2) is 0 Å². The second-order valence-corrected chi connectivity index (χ2v) is 0. The third kappa shape index (κ3) is 922. The van der Waals surface area contributed by atoms with Crippen molar-refractivity contribution in [1.82, 2.24) is 0 Å². The van der Waals surface area contributed by atoms with Gasteiger partial charge in [-0.25, -0.2) is 0 Å². The van der Waals surface area contributed by atoms with Crippen molar-refractivity contribution in [2.75, 3.05) is 0 Å². The van der Waals surface area contributed by atoms with Crippen molar-refractivity contribution in [3.8, 4) is 0 Å². The van der Waals surface area contributed by atoms with E-state index in [2.05, 4.69) is 0 Å². The third-order valence-corrected chi connectivity index (χ3v) is 0. The Labute approximate surface area is 206 Å². The quantitative estimate of drug-likeness (QED) is 0.328. The summed E-state index contributed by atoms with van der Waals surface area (Å²) >= 11 is 0. The van der Waals surface area contributed by atoms with Crippen molar-refractivity contribution >= 4 is 78.6 Å². The Balaban J connectivity index is 0. The van der Waals surface area contributed by atoms with Gasteiger partial charge in [0.05, 0.1) is 0 Å². The van der Waals surface area contributed by atoms with Crippen LogP contribution >= 0.6 is 0 Å². The molecule has 0 saturated heterocycles. The molecule has 0 fully saturated rings. The van der Waals surface area contributed by atoms with Crippen molar-refractivity contribution in [3.05, 3.63) is 0 Å². The predicted octanol–water partition coefficient (Wildman–Crippen LogP) is -10.5. The molecule has 0 saturated carbocycles. The zero-order chi connectivity index (χ0) is 0. The maximum absolute atomic E-state index is 0. The molecule has 0 aromatic carbocycles. The molecule has 0 aliphatic carbocycles. The fourth-order valence-corrected chi connectivity index (χ4v) is 0. The Morgan fingerprint density at radius 2 is 0.238 bits per heavy atom. The summed E-state index contributed by atoms with van der Waals surface area (Å²) in [5.74, 6) is 0. The van der Waals surface area contributed by atoms with E-state index in [0.29, 0.717) is 0 Å². The molecule has 0 unspecified atom stereocenters. The summed E-state index contributed by atoms with van der Waals surface area (Å²) in [6, 6.07) is 0. The molecule has 0 amide bonds. The zero-order valence-electron chi connectivity index (χ0n) is 10.6. The fraction of sp³-hybridized carbons (Fsp3) is 0. The molecule has 2 N–H and O–H groups in total. The number of rotatable bonds is 0. The van der Waals surface area contributed by atoms with Gasteiger partial charge >= 0.3 is 138 Å². The van der Waals surface area contributed by atoms with E-state index < -0.39 is 0 Å². The summed E-state index contributed by atoms with van der Waals surface area (Å²) in [6.07, 6.45) is 0. The van der Waals surface area contributed by atoms with Gasteiger partial charge in [0, 0.05) is 0 Å². The number of hydrogen-bond donors (Lipinski definition) is 0. The van der Waals surface area contributed by atoms with Gasteiger partial charge in [-0.05, 0) is 0 Å². The first-order chi connectivity index (χ1) is 0. The standard InChI is InChI=1S/2Al.2Na.H2O.12O.4Si/h;;;;1H2;;;;;;;;;;;;;;;;/q2*+3;2*+1;;12*-2;4*+4. The van der Waals surface area contributed by atoms with E-state index in [9.17, 15) is 0 Å². The minimum Gasteiger partial charge on any atom is -2.00 e. The van der Waals surface area contributed by atoms with Crippen LogP contribution in [-0.2, 0) is 65.7 Å². The van der Waals surface area contributed by atoms with Crippen LogP contribution < -0.4 is 59.1 Å². The molecule has 0 aliphatic rings. The second-order valence-electron chi connectivity index (χ2n) is 0. The van der Waals surface area contributed by atoms with Gasteiger partial charge in [-0.2, -0.15) is 0 Å². The van der Waals surface area contributed by atoms with Crippen molar-refractivity contribution in [3.63, 3.8) is 0 Å². The topological polar surface area (TPSA) is 374 Å². The monoisotopic (exact) mass is 422 g/mol. The average Bonchev–Trinajstić information content (AvgIpc) is 0. The van der Waals surface area contributed by atoms with Crippen LogP contribution in [-0.4, -0.2) is 84.1 Å². The smallest absolute Gasteiger partial charge is 2.00 e. The molecule has 0 spiro atoms. The van der Waals surface area contributed by atoms with E-state index in [1.807, 2.05) is 0 Å². The maximum Gasteiger partial charge on any atom is 4.00 e. The van der Waals surface area contributed by atoms with E-state index in [-0.39, 0.29) is 209 Å². The second kappa shape index (κ2) is 1010. The van der Waals surface area contributed by atoms with E-state index in [1.165, 1.54) is 0 Å². The maximum atomic E-state index is 0. The molecule has 0 radical (unpaired) electrons. The van der Waals surface area contributed by atoms with Crippen LogP contribution in [0, 0.1) is 0 Å². The van der Waals surface area contributed by atoms with Crippen molar-refractivity contribution in [1.29, 1.82) is 0 Å². The van der Waals surface area contributed by atoms with Crippen LogP contribution in [0.15, 0.2) is 0 Å². The van der Waals surface area contributed by atoms with Crippen LogP contribution in [0.5, 0.6) is 0 Å². The molecule has 104 valence electrons. The first kappa shape index (κ1) is 1150. The molecule has 0 atom stereocenters. The van der Waals surface area contributed by atoms with E-state index in [1.54, 1.807) is 0 Å². The first-order valence-electron chi connectivity index (χ1n) is 0. The van der Waals surface area contributed by atoms with Gasteiger partial charge < -0.3 is 71.2 Å². The summed E-state index contributed by atoms with van der Waals surface area (Å²) in [5.41, 5.74) is 0. The third-order valence-electron chi connectivity index (χ3n) is 0. The Bertz CT molecular complexity index is 32.1. The van der Waals surface area contributed by atoms with Gasteiger partial charge in [0.1, 0.15) is 0 Å². The van der Waals surface area contributed by atoms with E-state index in [4.69, 9.17) is 0 Å². The molecule has 13 nitrogen and oxygen atoms in total.